The minimum Gasteiger partial charge on any atom is -0.324 e. The van der Waals surface area contributed by atoms with Crippen molar-refractivity contribution in [3.63, 3.8) is 0 Å². The largest absolute Gasteiger partial charge is 0.324 e. The molecule has 0 unspecified atom stereocenters. The van der Waals surface area contributed by atoms with Crippen LogP contribution in [0.5, 0.6) is 0 Å². The fraction of sp³-hybridized carbons (Fsp3) is 0. The molecule has 0 aliphatic carbocycles. The van der Waals surface area contributed by atoms with Crippen LogP contribution < -0.4 is 0 Å². The molecule has 2 aliphatic rings. The number of hydrogen-bond acceptors (Lipinski definition) is 8. The van der Waals surface area contributed by atoms with Gasteiger partial charge in [-0.1, -0.05) is 84.9 Å². The van der Waals surface area contributed by atoms with Gasteiger partial charge in [0.1, 0.15) is 27.5 Å². The van der Waals surface area contributed by atoms with Crippen LogP contribution in [-0.4, -0.2) is 52.8 Å². The van der Waals surface area contributed by atoms with Crippen LogP contribution in [0.3, 0.4) is 0 Å². The van der Waals surface area contributed by atoms with E-state index in [4.69, 9.17) is 29.9 Å². The molecule has 13 heteroatoms. The molecule has 3 aromatic heterocycles. The van der Waals surface area contributed by atoms with Crippen molar-refractivity contribution in [2.75, 3.05) is 0 Å². The van der Waals surface area contributed by atoms with Gasteiger partial charge in [-0.3, -0.25) is 4.55 Å². The molecule has 218 valence electrons. The molecule has 0 radical (unpaired) electrons. The Bertz CT molecular complexity index is 2660. The van der Waals surface area contributed by atoms with E-state index in [1.54, 1.807) is 12.1 Å². The summed E-state index contributed by atoms with van der Waals surface area (Å²) in [7, 11) is -4.62. The minimum atomic E-state index is -4.62. The van der Waals surface area contributed by atoms with Crippen LogP contribution >= 0.6 is 0 Å². The molecular weight excluding hydrogens is 678 g/mol. The van der Waals surface area contributed by atoms with E-state index in [0.29, 0.717) is 45.6 Å². The maximum atomic E-state index is 12.5. The molecule has 3 N–H and O–H groups in total. The van der Waals surface area contributed by atoms with Crippen LogP contribution in [0.25, 0.3) is 89.7 Å². The number of hydrogen-bond donors (Lipinski definition) is 3. The molecule has 9 rings (SSSR count). The van der Waals surface area contributed by atoms with Crippen LogP contribution in [0.1, 0.15) is 0 Å². The molecule has 8 bridgehead atoms. The molecule has 11 nitrogen and oxygen atoms in total. The third-order valence-corrected chi connectivity index (χ3v) is 8.72. The smallest absolute Gasteiger partial charge is 0.295 e. The summed E-state index contributed by atoms with van der Waals surface area (Å²) in [5.74, 6) is 1.60. The Hall–Kier alpha value is -5.23. The monoisotopic (exact) mass is 696 g/mol. The van der Waals surface area contributed by atoms with Crippen molar-refractivity contribution >= 4 is 54.3 Å². The number of rotatable bonds is 1. The van der Waals surface area contributed by atoms with Gasteiger partial charge in [0.15, 0.2) is 23.3 Å². The minimum absolute atomic E-state index is 0. The molecule has 7 aromatic rings. The number of aromatic amines is 2. The normalized spacial score (nSPS) is 12.1. The number of aromatic nitrogens is 8. The SMILES string of the molecule is O=S(=O)(O)c1cccc2c3nc4nc(nc5[nH]c(nc6nc(nc([nH]3)c12)-c1ccccc1-6)c1ccccc51)-c1ccccc1-4.[Ru]. The van der Waals surface area contributed by atoms with E-state index in [-0.39, 0.29) is 35.4 Å². The first kappa shape index (κ1) is 27.3. The van der Waals surface area contributed by atoms with Crippen molar-refractivity contribution in [1.29, 1.82) is 0 Å². The Morgan fingerprint density at radius 1 is 0.467 bits per heavy atom. The van der Waals surface area contributed by atoms with Crippen molar-refractivity contribution in [1.82, 2.24) is 39.9 Å². The average Bonchev–Trinajstić information content (AvgIpc) is 3.76. The van der Waals surface area contributed by atoms with Gasteiger partial charge < -0.3 is 9.97 Å². The van der Waals surface area contributed by atoms with E-state index in [0.717, 1.165) is 33.0 Å². The van der Waals surface area contributed by atoms with Gasteiger partial charge in [-0.15, -0.1) is 0 Å². The first-order valence-electron chi connectivity index (χ1n) is 13.6. The van der Waals surface area contributed by atoms with Crippen LogP contribution in [-0.2, 0) is 29.6 Å². The van der Waals surface area contributed by atoms with Gasteiger partial charge >= 0.3 is 0 Å². The third kappa shape index (κ3) is 4.20. The van der Waals surface area contributed by atoms with Crippen molar-refractivity contribution in [2.24, 2.45) is 0 Å². The molecule has 0 atom stereocenters. The first-order chi connectivity index (χ1) is 21.4. The second-order valence-electron chi connectivity index (χ2n) is 10.4. The molecule has 4 aromatic carbocycles. The maximum absolute atomic E-state index is 12.5. The summed E-state index contributed by atoms with van der Waals surface area (Å²) in [4.78, 5) is 35.4. The van der Waals surface area contributed by atoms with Crippen LogP contribution in [0, 0.1) is 0 Å². The molecular formula is C32H18N8O3RuS. The Balaban J connectivity index is 0.00000300. The second-order valence-corrected chi connectivity index (χ2v) is 11.8. The first-order valence-corrected chi connectivity index (χ1v) is 15.1. The molecule has 45 heavy (non-hydrogen) atoms. The van der Waals surface area contributed by atoms with E-state index in [1.807, 2.05) is 72.8 Å². The van der Waals surface area contributed by atoms with Gasteiger partial charge in [0, 0.05) is 63.3 Å². The molecule has 5 heterocycles. The van der Waals surface area contributed by atoms with Crippen LogP contribution in [0.4, 0.5) is 0 Å². The zero-order chi connectivity index (χ0) is 29.6. The molecule has 0 spiro atoms. The van der Waals surface area contributed by atoms with E-state index < -0.39 is 10.1 Å². The summed E-state index contributed by atoms with van der Waals surface area (Å²) in [6.45, 7) is 0. The molecule has 0 amide bonds. The molecule has 0 fully saturated rings. The molecule has 2 aliphatic heterocycles. The number of H-pyrrole nitrogens is 2. The maximum Gasteiger partial charge on any atom is 0.295 e. The number of benzene rings is 4. The fourth-order valence-electron chi connectivity index (χ4n) is 5.87. The standard InChI is InChI=1S/C32H18N8O3S.Ru/c41-44(42,43)23-15-7-14-22-24(23)32-39-30-21-13-6-5-12-20(21)28(37-30)35-26-17-9-2-1-8-16(17)25(33-26)34-27-18-10-3-4-11-19(18)29(36-27)38-31(22)40-32;/h1-15H,(H,41,42,43)(H2,33,34,35,36,37,38,39,40);. The predicted molar refractivity (Wildman–Crippen MR) is 166 cm³/mol. The number of fused-ring (bicyclic) bond motifs is 20. The summed E-state index contributed by atoms with van der Waals surface area (Å²) >= 11 is 0. The van der Waals surface area contributed by atoms with E-state index in [9.17, 15) is 13.0 Å². The Kier molecular flexibility index (Phi) is 6.01. The number of nitrogens with zero attached hydrogens (tertiary/aromatic N) is 6. The quantitative estimate of drug-likeness (QED) is 0.136. The summed E-state index contributed by atoms with van der Waals surface area (Å²) in [6.07, 6.45) is 0. The van der Waals surface area contributed by atoms with Crippen molar-refractivity contribution in [3.8, 4) is 45.6 Å². The second kappa shape index (κ2) is 9.89. The Morgan fingerprint density at radius 2 is 0.844 bits per heavy atom. The third-order valence-electron chi connectivity index (χ3n) is 7.82. The predicted octanol–water partition coefficient (Wildman–Crippen LogP) is 6.11. The van der Waals surface area contributed by atoms with Gasteiger partial charge in [-0.25, -0.2) is 29.9 Å². The van der Waals surface area contributed by atoms with E-state index >= 15 is 0 Å². The Labute approximate surface area is 267 Å². The van der Waals surface area contributed by atoms with E-state index in [2.05, 4.69) is 9.97 Å². The van der Waals surface area contributed by atoms with Crippen molar-refractivity contribution in [3.05, 3.63) is 91.0 Å². The van der Waals surface area contributed by atoms with Crippen LogP contribution in [0.2, 0.25) is 0 Å². The van der Waals surface area contributed by atoms with E-state index in [1.165, 1.54) is 6.07 Å². The molecule has 0 saturated heterocycles. The Morgan fingerprint density at radius 3 is 1.31 bits per heavy atom. The molecule has 0 saturated carbocycles. The summed E-state index contributed by atoms with van der Waals surface area (Å²) < 4.78 is 35.2. The summed E-state index contributed by atoms with van der Waals surface area (Å²) in [6, 6.07) is 27.6. The zero-order valence-corrected chi connectivity index (χ0v) is 25.4. The topological polar surface area (TPSA) is 163 Å². The summed E-state index contributed by atoms with van der Waals surface area (Å²) in [5.41, 5.74) is 4.68. The van der Waals surface area contributed by atoms with Gasteiger partial charge in [0.2, 0.25) is 0 Å². The average molecular weight is 696 g/mol. The van der Waals surface area contributed by atoms with Gasteiger partial charge in [-0.05, 0) is 6.07 Å². The number of nitrogens with one attached hydrogen (secondary N) is 2. The van der Waals surface area contributed by atoms with Gasteiger partial charge in [0.05, 0.1) is 0 Å². The van der Waals surface area contributed by atoms with Gasteiger partial charge in [-0.2, -0.15) is 8.42 Å². The van der Waals surface area contributed by atoms with Crippen LogP contribution in [0.15, 0.2) is 95.9 Å². The van der Waals surface area contributed by atoms with Crippen molar-refractivity contribution < 1.29 is 32.4 Å². The summed E-state index contributed by atoms with van der Waals surface area (Å²) in [5, 5.41) is 2.36. The van der Waals surface area contributed by atoms with Crippen molar-refractivity contribution in [2.45, 2.75) is 4.90 Å². The fourth-order valence-corrected chi connectivity index (χ4v) is 6.59. The van der Waals surface area contributed by atoms with Gasteiger partial charge in [0.25, 0.3) is 10.1 Å². The zero-order valence-electron chi connectivity index (χ0n) is 22.9.